The van der Waals surface area contributed by atoms with Crippen molar-refractivity contribution in [2.45, 2.75) is 37.7 Å². The molecule has 17 heavy (non-hydrogen) atoms. The number of carbonyl (C=O) groups is 2. The molecule has 6 nitrogen and oxygen atoms in total. The van der Waals surface area contributed by atoms with Crippen molar-refractivity contribution < 1.29 is 23.8 Å². The molecule has 0 aliphatic carbocycles. The first-order valence-electron chi connectivity index (χ1n) is 5.06. The van der Waals surface area contributed by atoms with Gasteiger partial charge in [-0.25, -0.2) is 9.79 Å². The zero-order chi connectivity index (χ0) is 12.8. The maximum absolute atomic E-state index is 11.8. The molecule has 94 valence electrons. The Morgan fingerprint density at radius 2 is 2.29 bits per heavy atom. The van der Waals surface area contributed by atoms with Gasteiger partial charge in [-0.15, -0.1) is 0 Å². The second-order valence-electron chi connectivity index (χ2n) is 4.23. The summed E-state index contributed by atoms with van der Waals surface area (Å²) in [4.78, 5) is 26.9. The van der Waals surface area contributed by atoms with Crippen LogP contribution in [0.5, 0.6) is 0 Å². The Morgan fingerprint density at radius 3 is 2.82 bits per heavy atom. The van der Waals surface area contributed by atoms with Crippen molar-refractivity contribution in [2.75, 3.05) is 7.11 Å². The Balaban J connectivity index is 2.46. The van der Waals surface area contributed by atoms with Crippen molar-refractivity contribution in [1.29, 1.82) is 0 Å². The minimum Gasteiger partial charge on any atom is -0.456 e. The van der Waals surface area contributed by atoms with E-state index in [-0.39, 0.29) is 11.6 Å². The number of hydrogen-bond donors (Lipinski definition) is 0. The van der Waals surface area contributed by atoms with Crippen LogP contribution in [0.4, 0.5) is 0 Å². The summed E-state index contributed by atoms with van der Waals surface area (Å²) in [7, 11) is 1.29. The van der Waals surface area contributed by atoms with Gasteiger partial charge in [0.2, 0.25) is 0 Å². The van der Waals surface area contributed by atoms with E-state index in [1.54, 1.807) is 6.92 Å². The van der Waals surface area contributed by atoms with Gasteiger partial charge in [-0.2, -0.15) is 0 Å². The molecule has 0 saturated carbocycles. The largest absolute Gasteiger partial charge is 0.456 e. The van der Waals surface area contributed by atoms with Gasteiger partial charge in [0.1, 0.15) is 5.17 Å². The van der Waals surface area contributed by atoms with E-state index in [0.29, 0.717) is 0 Å². The first kappa shape index (κ1) is 12.3. The Kier molecular flexibility index (Phi) is 2.67. The van der Waals surface area contributed by atoms with E-state index >= 15 is 0 Å². The third-order valence-corrected chi connectivity index (χ3v) is 3.43. The monoisotopic (exact) mass is 261 g/mol. The highest BCUT2D eigenvalue weighted by atomic mass is 35.5. The summed E-state index contributed by atoms with van der Waals surface area (Å²) >= 11 is 5.94. The first-order chi connectivity index (χ1) is 7.84. The van der Waals surface area contributed by atoms with Crippen molar-refractivity contribution in [3.8, 4) is 0 Å². The van der Waals surface area contributed by atoms with Crippen LogP contribution in [0.2, 0.25) is 0 Å². The minimum atomic E-state index is -1.67. The van der Waals surface area contributed by atoms with Crippen LogP contribution < -0.4 is 0 Å². The molecule has 0 aromatic heterocycles. The number of methoxy groups -OCH3 is 1. The third-order valence-electron chi connectivity index (χ3n) is 2.94. The topological polar surface area (TPSA) is 74.2 Å². The molecule has 0 aromatic rings. The number of carbonyl (C=O) groups excluding carboxylic acids is 2. The molecule has 3 aliphatic rings. The molecular formula is C10H12ClNO5. The Labute approximate surface area is 103 Å². The van der Waals surface area contributed by atoms with Gasteiger partial charge in [0.25, 0.3) is 5.72 Å². The molecule has 0 spiro atoms. The van der Waals surface area contributed by atoms with E-state index < -0.39 is 29.4 Å². The zero-order valence-electron chi connectivity index (χ0n) is 9.65. The van der Waals surface area contributed by atoms with E-state index in [2.05, 4.69) is 4.99 Å². The smallest absolute Gasteiger partial charge is 0.366 e. The van der Waals surface area contributed by atoms with Crippen LogP contribution >= 0.6 is 11.6 Å². The number of nitrogens with zero attached hydrogens (tertiary/aromatic N) is 1. The number of esters is 2. The fraction of sp³-hybridized carbons (Fsp3) is 0.700. The number of ether oxygens (including phenoxy) is 3. The molecular weight excluding hydrogens is 250 g/mol. The van der Waals surface area contributed by atoms with Crippen molar-refractivity contribution >= 4 is 28.7 Å². The maximum atomic E-state index is 11.8. The summed E-state index contributed by atoms with van der Waals surface area (Å²) in [5.74, 6) is -1.20. The Bertz CT molecular complexity index is 423. The normalized spacial score (nSPS) is 39.6. The maximum Gasteiger partial charge on any atom is 0.366 e. The van der Waals surface area contributed by atoms with E-state index in [0.717, 1.165) is 0 Å². The number of rotatable bonds is 2. The number of fused-ring (bicyclic) bond motifs is 2. The standard InChI is InChI=1S/C10H12ClNO5/c1-5(13)16-6-4-9(2)7(11)12-10(6,15-3)8(14)17-9/h6H,4H2,1-3H3/t6-,9-,10+/m0/s1. The van der Waals surface area contributed by atoms with Crippen LogP contribution in [0.25, 0.3) is 0 Å². The van der Waals surface area contributed by atoms with Crippen LogP contribution in [-0.2, 0) is 23.8 Å². The molecule has 0 aromatic carbocycles. The van der Waals surface area contributed by atoms with Gasteiger partial charge in [0.15, 0.2) is 11.7 Å². The molecule has 0 unspecified atom stereocenters. The Morgan fingerprint density at radius 1 is 1.65 bits per heavy atom. The molecule has 1 fully saturated rings. The predicted octanol–water partition coefficient (Wildman–Crippen LogP) is 0.617. The molecule has 3 heterocycles. The van der Waals surface area contributed by atoms with Crippen LogP contribution in [0.3, 0.4) is 0 Å². The predicted molar refractivity (Wildman–Crippen MR) is 57.7 cm³/mol. The summed E-state index contributed by atoms with van der Waals surface area (Å²) < 4.78 is 15.3. The summed E-state index contributed by atoms with van der Waals surface area (Å²) in [6.07, 6.45) is -0.590. The highest BCUT2D eigenvalue weighted by molar-refractivity contribution is 6.67. The van der Waals surface area contributed by atoms with Gasteiger partial charge in [0.05, 0.1) is 0 Å². The second kappa shape index (κ2) is 3.68. The summed E-state index contributed by atoms with van der Waals surface area (Å²) in [5.41, 5.74) is -2.71. The van der Waals surface area contributed by atoms with Crippen molar-refractivity contribution in [1.82, 2.24) is 0 Å². The lowest BCUT2D eigenvalue weighted by molar-refractivity contribution is -0.225. The lowest BCUT2D eigenvalue weighted by Gasteiger charge is -2.48. The quantitative estimate of drug-likeness (QED) is 0.681. The second-order valence-corrected chi connectivity index (χ2v) is 4.58. The highest BCUT2D eigenvalue weighted by Gasteiger charge is 2.64. The number of aliphatic imine (C=N–C) groups is 1. The minimum absolute atomic E-state index is 0.141. The number of hydrogen-bond acceptors (Lipinski definition) is 6. The molecule has 2 bridgehead atoms. The fourth-order valence-electron chi connectivity index (χ4n) is 2.03. The van der Waals surface area contributed by atoms with Crippen LogP contribution in [0, 0.1) is 0 Å². The van der Waals surface area contributed by atoms with Crippen LogP contribution in [-0.4, -0.2) is 41.6 Å². The van der Waals surface area contributed by atoms with E-state index in [9.17, 15) is 9.59 Å². The van der Waals surface area contributed by atoms with E-state index in [1.165, 1.54) is 14.0 Å². The number of halogens is 1. The molecule has 3 aliphatic heterocycles. The first-order valence-corrected chi connectivity index (χ1v) is 5.43. The van der Waals surface area contributed by atoms with E-state index in [4.69, 9.17) is 25.8 Å². The molecule has 1 saturated heterocycles. The van der Waals surface area contributed by atoms with Gasteiger partial charge in [-0.05, 0) is 6.92 Å². The van der Waals surface area contributed by atoms with E-state index in [1.807, 2.05) is 0 Å². The lowest BCUT2D eigenvalue weighted by atomic mass is 9.85. The average molecular weight is 262 g/mol. The SMILES string of the molecule is CO[C@]12N=C(Cl)[C@](C)(C[C@@H]1OC(C)=O)OC2=O. The highest BCUT2D eigenvalue weighted by Crippen LogP contribution is 2.43. The molecule has 0 N–H and O–H groups in total. The summed E-state index contributed by atoms with van der Waals surface area (Å²) in [6, 6.07) is 0. The fourth-order valence-corrected chi connectivity index (χ4v) is 2.27. The van der Waals surface area contributed by atoms with Gasteiger partial charge in [-0.1, -0.05) is 11.6 Å². The molecule has 0 radical (unpaired) electrons. The molecule has 7 heteroatoms. The molecule has 3 atom stereocenters. The summed E-state index contributed by atoms with van der Waals surface area (Å²) in [6.45, 7) is 2.87. The Hall–Kier alpha value is -1.14. The average Bonchev–Trinajstić information content (AvgIpc) is 2.20. The van der Waals surface area contributed by atoms with Crippen molar-refractivity contribution in [3.63, 3.8) is 0 Å². The molecule has 0 amide bonds. The van der Waals surface area contributed by atoms with Crippen LogP contribution in [0.1, 0.15) is 20.3 Å². The van der Waals surface area contributed by atoms with Gasteiger partial charge >= 0.3 is 11.9 Å². The van der Waals surface area contributed by atoms with Gasteiger partial charge in [0, 0.05) is 20.5 Å². The van der Waals surface area contributed by atoms with Crippen LogP contribution in [0.15, 0.2) is 4.99 Å². The van der Waals surface area contributed by atoms with Crippen molar-refractivity contribution in [3.05, 3.63) is 0 Å². The lowest BCUT2D eigenvalue weighted by Crippen LogP contribution is -2.67. The molecule has 3 rings (SSSR count). The third kappa shape index (κ3) is 1.63. The zero-order valence-corrected chi connectivity index (χ0v) is 10.4. The van der Waals surface area contributed by atoms with Gasteiger partial charge < -0.3 is 14.2 Å². The van der Waals surface area contributed by atoms with Crippen molar-refractivity contribution in [2.24, 2.45) is 4.99 Å². The van der Waals surface area contributed by atoms with Gasteiger partial charge in [-0.3, -0.25) is 4.79 Å². The summed E-state index contributed by atoms with van der Waals surface area (Å²) in [5, 5.41) is 0.141.